The van der Waals surface area contributed by atoms with Gasteiger partial charge in [-0.25, -0.2) is 9.59 Å². The molecule has 0 spiro atoms. The molecule has 9 nitrogen and oxygen atoms in total. The fourth-order valence-corrected chi connectivity index (χ4v) is 3.69. The average molecular weight is 470 g/mol. The number of hydrogen-bond acceptors (Lipinski definition) is 10. The Kier molecular flexibility index (Phi) is 8.09. The van der Waals surface area contributed by atoms with Crippen LogP contribution in [0.3, 0.4) is 0 Å². The van der Waals surface area contributed by atoms with E-state index in [0.29, 0.717) is 29.0 Å². The minimum absolute atomic E-state index is 0.0617. The Labute approximate surface area is 195 Å². The van der Waals surface area contributed by atoms with Crippen molar-refractivity contribution in [2.75, 3.05) is 33.3 Å². The molecule has 0 saturated heterocycles. The molecule has 0 amide bonds. The highest BCUT2D eigenvalue weighted by atomic mass is 32.2. The van der Waals surface area contributed by atoms with Crippen LogP contribution in [0.15, 0.2) is 70.9 Å². The van der Waals surface area contributed by atoms with Crippen molar-refractivity contribution in [1.29, 1.82) is 0 Å². The van der Waals surface area contributed by atoms with Crippen LogP contribution in [-0.2, 0) is 24.8 Å². The van der Waals surface area contributed by atoms with Gasteiger partial charge in [-0.1, -0.05) is 6.08 Å². The number of allylic oxidation sites excluding steroid dienone is 2. The van der Waals surface area contributed by atoms with E-state index >= 15 is 0 Å². The molecule has 0 saturated carbocycles. The van der Waals surface area contributed by atoms with Crippen LogP contribution in [0, 0.1) is 0 Å². The number of aromatic nitrogens is 2. The van der Waals surface area contributed by atoms with Gasteiger partial charge in [0.2, 0.25) is 11.8 Å². The monoisotopic (exact) mass is 469 g/mol. The normalized spacial score (nSPS) is 12.9. The quantitative estimate of drug-likeness (QED) is 0.423. The van der Waals surface area contributed by atoms with Gasteiger partial charge < -0.3 is 23.8 Å². The van der Waals surface area contributed by atoms with E-state index in [-0.39, 0.29) is 11.3 Å². The molecule has 2 aromatic rings. The third-order valence-electron chi connectivity index (χ3n) is 4.52. The van der Waals surface area contributed by atoms with E-state index in [9.17, 15) is 9.59 Å². The highest BCUT2D eigenvalue weighted by Crippen LogP contribution is 2.30. The second-order valence-corrected chi connectivity index (χ2v) is 7.52. The van der Waals surface area contributed by atoms with E-state index in [1.165, 1.54) is 46.3 Å². The summed E-state index contributed by atoms with van der Waals surface area (Å²) in [6, 6.07) is 9.08. The zero-order chi connectivity index (χ0) is 23.8. The maximum absolute atomic E-state index is 12.5. The number of nitrogens with zero attached hydrogens (tertiary/aromatic N) is 3. The molecule has 1 aliphatic heterocycles. The molecule has 33 heavy (non-hydrogen) atoms. The molecule has 1 aliphatic rings. The SMILES string of the molecule is COC(=O)C1=C(C(=O)OC)N(c2ccc(SCc3nc(OC)cc(OC)n3)cc2)C=CC=C1. The summed E-state index contributed by atoms with van der Waals surface area (Å²) in [6.07, 6.45) is 6.56. The first kappa shape index (κ1) is 23.9. The number of carbonyl (C=O) groups is 2. The Morgan fingerprint density at radius 2 is 1.55 bits per heavy atom. The van der Waals surface area contributed by atoms with Gasteiger partial charge in [-0.05, 0) is 36.4 Å². The van der Waals surface area contributed by atoms with Crippen LogP contribution in [-0.4, -0.2) is 50.3 Å². The summed E-state index contributed by atoms with van der Waals surface area (Å²) in [5, 5.41) is 0. The van der Waals surface area contributed by atoms with Crippen LogP contribution in [0.1, 0.15) is 5.82 Å². The van der Waals surface area contributed by atoms with Gasteiger partial charge in [0.05, 0.1) is 45.8 Å². The number of carbonyl (C=O) groups excluding carboxylic acids is 2. The summed E-state index contributed by atoms with van der Waals surface area (Å²) in [4.78, 5) is 36.0. The number of thioether (sulfide) groups is 1. The lowest BCUT2D eigenvalue weighted by Gasteiger charge is -2.23. The molecule has 0 unspecified atom stereocenters. The van der Waals surface area contributed by atoms with Gasteiger partial charge in [-0.3, -0.25) is 0 Å². The maximum Gasteiger partial charge on any atom is 0.355 e. The third kappa shape index (κ3) is 5.72. The molecular formula is C23H23N3O6S. The molecule has 0 atom stereocenters. The number of rotatable bonds is 8. The van der Waals surface area contributed by atoms with Crippen LogP contribution in [0.25, 0.3) is 0 Å². The molecule has 0 aliphatic carbocycles. The first-order valence-electron chi connectivity index (χ1n) is 9.74. The van der Waals surface area contributed by atoms with Crippen LogP contribution < -0.4 is 14.4 Å². The van der Waals surface area contributed by atoms with Gasteiger partial charge in [-0.2, -0.15) is 9.97 Å². The summed E-state index contributed by atoms with van der Waals surface area (Å²) >= 11 is 1.53. The lowest BCUT2D eigenvalue weighted by Crippen LogP contribution is -2.26. The Bertz CT molecular complexity index is 1090. The fraction of sp³-hybridized carbons (Fsp3) is 0.217. The fourth-order valence-electron chi connectivity index (χ4n) is 2.94. The summed E-state index contributed by atoms with van der Waals surface area (Å²) in [7, 11) is 5.59. The molecule has 0 bridgehead atoms. The van der Waals surface area contributed by atoms with E-state index in [2.05, 4.69) is 9.97 Å². The van der Waals surface area contributed by atoms with Gasteiger partial charge in [-0.15, -0.1) is 11.8 Å². The third-order valence-corrected chi connectivity index (χ3v) is 5.52. The molecule has 0 radical (unpaired) electrons. The zero-order valence-corrected chi connectivity index (χ0v) is 19.4. The molecule has 1 aromatic carbocycles. The Morgan fingerprint density at radius 1 is 0.909 bits per heavy atom. The number of anilines is 1. The van der Waals surface area contributed by atoms with Crippen molar-refractivity contribution in [2.45, 2.75) is 10.6 Å². The first-order valence-corrected chi connectivity index (χ1v) is 10.7. The topological polar surface area (TPSA) is 100 Å². The van der Waals surface area contributed by atoms with E-state index in [1.54, 1.807) is 29.3 Å². The summed E-state index contributed by atoms with van der Waals surface area (Å²) in [6.45, 7) is 0. The van der Waals surface area contributed by atoms with Crippen LogP contribution in [0.2, 0.25) is 0 Å². The molecule has 10 heteroatoms. The van der Waals surface area contributed by atoms with Crippen molar-refractivity contribution in [3.05, 3.63) is 71.9 Å². The van der Waals surface area contributed by atoms with Crippen LogP contribution in [0.4, 0.5) is 5.69 Å². The molecule has 3 rings (SSSR count). The molecule has 0 N–H and O–H groups in total. The van der Waals surface area contributed by atoms with Gasteiger partial charge in [0.25, 0.3) is 0 Å². The maximum atomic E-state index is 12.5. The summed E-state index contributed by atoms with van der Waals surface area (Å²) in [5.74, 6) is 0.631. The lowest BCUT2D eigenvalue weighted by atomic mass is 10.1. The average Bonchev–Trinajstić information content (AvgIpc) is 3.09. The van der Waals surface area contributed by atoms with Crippen LogP contribution in [0.5, 0.6) is 11.8 Å². The standard InChI is InChI=1S/C23H23N3O6S/c1-29-19-13-20(30-2)25-18(24-19)14-33-16-10-8-15(9-11-16)26-12-6-5-7-17(22(27)31-3)21(26)23(28)32-4/h5-13H,14H2,1-4H3. The Hall–Kier alpha value is -3.79. The van der Waals surface area contributed by atoms with Crippen molar-refractivity contribution < 1.29 is 28.5 Å². The molecule has 172 valence electrons. The minimum Gasteiger partial charge on any atom is -0.481 e. The highest BCUT2D eigenvalue weighted by molar-refractivity contribution is 7.98. The van der Waals surface area contributed by atoms with Gasteiger partial charge >= 0.3 is 11.9 Å². The van der Waals surface area contributed by atoms with Gasteiger partial charge in [0, 0.05) is 16.8 Å². The Morgan fingerprint density at radius 3 is 2.12 bits per heavy atom. The van der Waals surface area contributed by atoms with E-state index < -0.39 is 11.9 Å². The number of ether oxygens (including phenoxy) is 4. The first-order chi connectivity index (χ1) is 16.0. The summed E-state index contributed by atoms with van der Waals surface area (Å²) < 4.78 is 20.1. The molecule has 0 fully saturated rings. The molecule has 1 aromatic heterocycles. The smallest absolute Gasteiger partial charge is 0.355 e. The Balaban J connectivity index is 1.84. The van der Waals surface area contributed by atoms with Crippen molar-refractivity contribution >= 4 is 29.4 Å². The molecule has 2 heterocycles. The number of methoxy groups -OCH3 is 4. The van der Waals surface area contributed by atoms with Crippen molar-refractivity contribution in [1.82, 2.24) is 9.97 Å². The van der Waals surface area contributed by atoms with E-state index in [4.69, 9.17) is 18.9 Å². The van der Waals surface area contributed by atoms with Crippen molar-refractivity contribution in [3.63, 3.8) is 0 Å². The number of esters is 2. The highest BCUT2D eigenvalue weighted by Gasteiger charge is 2.27. The van der Waals surface area contributed by atoms with Crippen molar-refractivity contribution in [3.8, 4) is 11.8 Å². The second-order valence-electron chi connectivity index (χ2n) is 6.47. The van der Waals surface area contributed by atoms with E-state index in [0.717, 1.165) is 4.90 Å². The minimum atomic E-state index is -0.658. The van der Waals surface area contributed by atoms with Crippen LogP contribution >= 0.6 is 11.8 Å². The largest absolute Gasteiger partial charge is 0.481 e. The lowest BCUT2D eigenvalue weighted by molar-refractivity contribution is -0.139. The summed E-state index contributed by atoms with van der Waals surface area (Å²) in [5.41, 5.74) is 0.823. The number of hydrogen-bond donors (Lipinski definition) is 0. The zero-order valence-electron chi connectivity index (χ0n) is 18.6. The van der Waals surface area contributed by atoms with Gasteiger partial charge in [0.15, 0.2) is 0 Å². The van der Waals surface area contributed by atoms with Crippen molar-refractivity contribution in [2.24, 2.45) is 0 Å². The molecular weight excluding hydrogens is 446 g/mol. The second kappa shape index (κ2) is 11.2. The van der Waals surface area contributed by atoms with E-state index in [1.807, 2.05) is 24.3 Å². The predicted molar refractivity (Wildman–Crippen MR) is 123 cm³/mol. The van der Waals surface area contributed by atoms with Gasteiger partial charge in [0.1, 0.15) is 11.5 Å². The predicted octanol–water partition coefficient (Wildman–Crippen LogP) is 3.28. The number of benzene rings is 1.